The van der Waals surface area contributed by atoms with E-state index in [1.165, 1.54) is 27.8 Å². The molecule has 1 heterocycles. The Morgan fingerprint density at radius 1 is 0.167 bits per heavy atom. The zero-order chi connectivity index (χ0) is 48.1. The van der Waals surface area contributed by atoms with Gasteiger partial charge in [-0.2, -0.15) is 0 Å². The second kappa shape index (κ2) is 19.9. The van der Waals surface area contributed by atoms with Gasteiger partial charge < -0.3 is 0 Å². The summed E-state index contributed by atoms with van der Waals surface area (Å²) in [7, 11) is 0. The number of hydrogen-bond acceptors (Lipinski definition) is 1. The summed E-state index contributed by atoms with van der Waals surface area (Å²) < 4.78 is 0. The summed E-state index contributed by atoms with van der Waals surface area (Å²) in [5.74, 6) is 0. The summed E-state index contributed by atoms with van der Waals surface area (Å²) in [4.78, 5) is 5.64. The molecule has 0 aliphatic heterocycles. The fourth-order valence-corrected chi connectivity index (χ4v) is 10.6. The Morgan fingerprint density at radius 3 is 0.653 bits per heavy atom. The van der Waals surface area contributed by atoms with Crippen LogP contribution in [0.5, 0.6) is 0 Å². The van der Waals surface area contributed by atoms with Gasteiger partial charge in [-0.25, -0.2) is 0 Å². The van der Waals surface area contributed by atoms with Crippen molar-refractivity contribution in [3.05, 3.63) is 297 Å². The molecule has 0 aliphatic carbocycles. The first kappa shape index (κ1) is 43.8. The highest BCUT2D eigenvalue weighted by Crippen LogP contribution is 2.56. The molecule has 11 aromatic carbocycles. The molecule has 0 atom stereocenters. The number of aromatic nitrogens is 1. The fraction of sp³-hybridized carbons (Fsp3) is 0. The van der Waals surface area contributed by atoms with Gasteiger partial charge in [-0.1, -0.05) is 279 Å². The average Bonchev–Trinajstić information content (AvgIpc) is 3.48. The van der Waals surface area contributed by atoms with Gasteiger partial charge in [-0.3, -0.25) is 4.98 Å². The summed E-state index contributed by atoms with van der Waals surface area (Å²) in [5, 5.41) is 0. The van der Waals surface area contributed by atoms with E-state index in [-0.39, 0.29) is 0 Å². The molecule has 12 rings (SSSR count). The van der Waals surface area contributed by atoms with Gasteiger partial charge in [0.25, 0.3) is 0 Å². The summed E-state index contributed by atoms with van der Waals surface area (Å²) in [6.45, 7) is 0. The van der Waals surface area contributed by atoms with Crippen molar-refractivity contribution in [2.75, 3.05) is 0 Å². The molecule has 0 radical (unpaired) electrons. The zero-order valence-electron chi connectivity index (χ0n) is 39.7. The number of rotatable bonds is 11. The second-order valence-corrected chi connectivity index (χ2v) is 18.1. The third-order valence-electron chi connectivity index (χ3n) is 13.7. The Kier molecular flexibility index (Phi) is 12.1. The fourth-order valence-electron chi connectivity index (χ4n) is 10.6. The van der Waals surface area contributed by atoms with Crippen molar-refractivity contribution in [2.45, 2.75) is 0 Å². The monoisotopic (exact) mass is 915 g/mol. The molecule has 0 N–H and O–H groups in total. The number of pyridine rings is 1. The van der Waals surface area contributed by atoms with Gasteiger partial charge >= 0.3 is 0 Å². The lowest BCUT2D eigenvalue weighted by Crippen LogP contribution is -2.02. The van der Waals surface area contributed by atoms with Crippen LogP contribution in [-0.4, -0.2) is 4.98 Å². The normalized spacial score (nSPS) is 11.1. The lowest BCUT2D eigenvalue weighted by Gasteiger charge is -2.28. The maximum absolute atomic E-state index is 5.64. The van der Waals surface area contributed by atoms with E-state index >= 15 is 0 Å². The Hall–Kier alpha value is -9.43. The highest BCUT2D eigenvalue weighted by molar-refractivity contribution is 6.15. The molecule has 72 heavy (non-hydrogen) atoms. The predicted octanol–water partition coefficient (Wildman–Crippen LogP) is 19.4. The van der Waals surface area contributed by atoms with Crippen molar-refractivity contribution in [1.82, 2.24) is 4.98 Å². The van der Waals surface area contributed by atoms with E-state index in [0.29, 0.717) is 0 Å². The quantitative estimate of drug-likeness (QED) is 0.126. The van der Waals surface area contributed by atoms with Crippen LogP contribution >= 0.6 is 0 Å². The van der Waals surface area contributed by atoms with Gasteiger partial charge in [0.1, 0.15) is 0 Å². The molecule has 0 amide bonds. The summed E-state index contributed by atoms with van der Waals surface area (Å²) in [6.07, 6.45) is 2.12. The van der Waals surface area contributed by atoms with Gasteiger partial charge in [0.05, 0.1) is 5.69 Å². The third-order valence-corrected chi connectivity index (χ3v) is 13.7. The lowest BCUT2D eigenvalue weighted by molar-refractivity contribution is 1.32. The SMILES string of the molecule is c1ccc(-c2cc(-c3ccc(-c4c(-c5ccccc5)c(-c5ccccc5)c(-c5ccccc5)c(-c5ccccc5)c4-c4ccccc4)cn3)c(-c3ccccc3)c(-c3ccccc3)c2-c2ccccc2)cc1. The minimum absolute atomic E-state index is 0.890. The summed E-state index contributed by atoms with van der Waals surface area (Å²) in [5.41, 5.74) is 24.9. The van der Waals surface area contributed by atoms with Crippen molar-refractivity contribution >= 4 is 0 Å². The third kappa shape index (κ3) is 8.34. The minimum Gasteiger partial charge on any atom is -0.256 e. The Morgan fingerprint density at radius 2 is 0.389 bits per heavy atom. The van der Waals surface area contributed by atoms with E-state index in [9.17, 15) is 0 Å². The molecule has 0 aliphatic rings. The molecule has 12 aromatic rings. The van der Waals surface area contributed by atoms with Gasteiger partial charge in [-0.05, 0) is 112 Å². The standard InChI is InChI=1S/C71H49N/c1-10-28-50(29-11-1)60-48-61(64(52-32-14-3-15-33-52)65(53-34-16-4-17-35-53)63(60)51-30-12-2-13-31-51)62-47-46-59(49-72-62)71-69(57-42-24-8-25-43-57)67(55-38-20-6-21-39-55)66(54-36-18-5-19-37-54)68(56-40-22-7-23-41-56)70(71)58-44-26-9-27-45-58/h1-49H. The molecular weight excluding hydrogens is 867 g/mol. The van der Waals surface area contributed by atoms with Crippen LogP contribution in [0.15, 0.2) is 297 Å². The van der Waals surface area contributed by atoms with Crippen LogP contribution in [0.25, 0.3) is 123 Å². The second-order valence-electron chi connectivity index (χ2n) is 18.1. The van der Waals surface area contributed by atoms with Crippen LogP contribution in [0.3, 0.4) is 0 Å². The van der Waals surface area contributed by atoms with E-state index in [1.54, 1.807) is 0 Å². The highest BCUT2D eigenvalue weighted by atomic mass is 14.7. The maximum Gasteiger partial charge on any atom is 0.0709 e. The van der Waals surface area contributed by atoms with Crippen molar-refractivity contribution in [3.63, 3.8) is 0 Å². The summed E-state index contributed by atoms with van der Waals surface area (Å²) in [6, 6.07) is 105. The first-order valence-corrected chi connectivity index (χ1v) is 24.7. The molecule has 1 nitrogen and oxygen atoms in total. The number of benzene rings is 11. The number of hydrogen-bond donors (Lipinski definition) is 0. The molecule has 1 aromatic heterocycles. The van der Waals surface area contributed by atoms with Crippen LogP contribution in [0.2, 0.25) is 0 Å². The molecule has 0 spiro atoms. The van der Waals surface area contributed by atoms with E-state index in [4.69, 9.17) is 4.98 Å². The van der Waals surface area contributed by atoms with Gasteiger partial charge in [0, 0.05) is 22.9 Å². The lowest BCUT2D eigenvalue weighted by atomic mass is 9.74. The molecule has 0 saturated carbocycles. The first-order chi connectivity index (χ1) is 35.8. The van der Waals surface area contributed by atoms with E-state index in [1.807, 2.05) is 0 Å². The smallest absolute Gasteiger partial charge is 0.0709 e. The number of nitrogens with zero attached hydrogens (tertiary/aromatic N) is 1. The summed E-state index contributed by atoms with van der Waals surface area (Å²) >= 11 is 0. The first-order valence-electron chi connectivity index (χ1n) is 24.7. The van der Waals surface area contributed by atoms with Crippen molar-refractivity contribution in [2.24, 2.45) is 0 Å². The molecule has 0 fully saturated rings. The Balaban J connectivity index is 1.21. The van der Waals surface area contributed by atoms with Crippen molar-refractivity contribution in [1.29, 1.82) is 0 Å². The van der Waals surface area contributed by atoms with E-state index in [2.05, 4.69) is 297 Å². The largest absolute Gasteiger partial charge is 0.256 e. The van der Waals surface area contributed by atoms with Gasteiger partial charge in [0.2, 0.25) is 0 Å². The van der Waals surface area contributed by atoms with Crippen molar-refractivity contribution < 1.29 is 0 Å². The molecule has 0 unspecified atom stereocenters. The van der Waals surface area contributed by atoms with Crippen LogP contribution in [0.1, 0.15) is 0 Å². The molecule has 0 saturated heterocycles. The average molecular weight is 916 g/mol. The zero-order valence-corrected chi connectivity index (χ0v) is 39.7. The van der Waals surface area contributed by atoms with Crippen molar-refractivity contribution in [3.8, 4) is 123 Å². The molecule has 1 heteroatoms. The van der Waals surface area contributed by atoms with Gasteiger partial charge in [-0.15, -0.1) is 0 Å². The Labute approximate surface area is 422 Å². The highest BCUT2D eigenvalue weighted by Gasteiger charge is 2.30. The topological polar surface area (TPSA) is 12.9 Å². The van der Waals surface area contributed by atoms with E-state index < -0.39 is 0 Å². The van der Waals surface area contributed by atoms with E-state index in [0.717, 1.165) is 94.7 Å². The molecule has 338 valence electrons. The van der Waals surface area contributed by atoms with Crippen LogP contribution < -0.4 is 0 Å². The minimum atomic E-state index is 0.890. The van der Waals surface area contributed by atoms with Gasteiger partial charge in [0.15, 0.2) is 0 Å². The Bertz CT molecular complexity index is 3650. The molecule has 0 bridgehead atoms. The van der Waals surface area contributed by atoms with Crippen LogP contribution in [-0.2, 0) is 0 Å². The maximum atomic E-state index is 5.64. The molecular formula is C71H49N. The predicted molar refractivity (Wildman–Crippen MR) is 304 cm³/mol. The van der Waals surface area contributed by atoms with Crippen LogP contribution in [0, 0.1) is 0 Å². The van der Waals surface area contributed by atoms with Crippen LogP contribution in [0.4, 0.5) is 0 Å².